The molecule has 0 saturated carbocycles. The fourth-order valence-corrected chi connectivity index (χ4v) is 6.48. The van der Waals surface area contributed by atoms with Crippen LogP contribution in [-0.4, -0.2) is 56.3 Å². The number of carbonyl (C=O) groups is 2. The first-order valence-electron chi connectivity index (χ1n) is 20.6. The molecule has 0 aliphatic carbocycles. The minimum atomic E-state index is -4.34. The van der Waals surface area contributed by atoms with Gasteiger partial charge in [-0.05, 0) is 45.6 Å². The molecule has 0 bridgehead atoms. The van der Waals surface area contributed by atoms with Gasteiger partial charge in [0.25, 0.3) is 0 Å². The van der Waals surface area contributed by atoms with Gasteiger partial charge in [-0.3, -0.25) is 18.6 Å². The molecule has 2 N–H and O–H groups in total. The first kappa shape index (κ1) is 48.8. The Morgan fingerprint density at radius 1 is 0.600 bits per heavy atom. The summed E-state index contributed by atoms with van der Waals surface area (Å²) in [6.45, 7) is 4.21. The van der Waals surface area contributed by atoms with Crippen LogP contribution < -0.4 is 5.32 Å². The average Bonchev–Trinajstić information content (AvgIpc) is 3.09. The Balaban J connectivity index is 4.23. The number of likely N-dealkylation sites (N-methyl/N-ethyl adjacent to an activating group) is 1. The van der Waals surface area contributed by atoms with Gasteiger partial charge in [0.05, 0.1) is 13.2 Å². The maximum Gasteiger partial charge on any atom is 0.472 e. The molecular weight excluding hydrogens is 653 g/mol. The number of ether oxygens (including phenoxy) is 2. The summed E-state index contributed by atoms with van der Waals surface area (Å²) >= 11 is 0. The highest BCUT2D eigenvalue weighted by molar-refractivity contribution is 7.47. The highest BCUT2D eigenvalue weighted by atomic mass is 31.2. The minimum Gasteiger partial charge on any atom is -0.462 e. The molecule has 0 amide bonds. The summed E-state index contributed by atoms with van der Waals surface area (Å²) in [4.78, 5) is 34.9. The van der Waals surface area contributed by atoms with E-state index < -0.39 is 26.5 Å². The van der Waals surface area contributed by atoms with E-state index in [-0.39, 0.29) is 25.6 Å². The second kappa shape index (κ2) is 37.5. The molecule has 0 spiro atoms. The lowest BCUT2D eigenvalue weighted by molar-refractivity contribution is -0.161. The first-order valence-corrected chi connectivity index (χ1v) is 22.1. The third-order valence-electron chi connectivity index (χ3n) is 8.89. The lowest BCUT2D eigenvalue weighted by Gasteiger charge is -2.20. The maximum absolute atomic E-state index is 12.6. The van der Waals surface area contributed by atoms with Crippen LogP contribution in [0.2, 0.25) is 0 Å². The highest BCUT2D eigenvalue weighted by Gasteiger charge is 2.26. The highest BCUT2D eigenvalue weighted by Crippen LogP contribution is 2.43. The second-order valence-electron chi connectivity index (χ2n) is 13.8. The Bertz CT molecular complexity index is 840. The zero-order valence-electron chi connectivity index (χ0n) is 32.6. The van der Waals surface area contributed by atoms with Crippen LogP contribution in [-0.2, 0) is 32.7 Å². The molecule has 50 heavy (non-hydrogen) atoms. The van der Waals surface area contributed by atoms with Crippen LogP contribution in [0.1, 0.15) is 194 Å². The predicted octanol–water partition coefficient (Wildman–Crippen LogP) is 11.3. The van der Waals surface area contributed by atoms with Crippen molar-refractivity contribution in [3.8, 4) is 0 Å². The molecule has 0 aromatic rings. The van der Waals surface area contributed by atoms with Gasteiger partial charge in [-0.15, -0.1) is 0 Å². The Morgan fingerprint density at radius 2 is 1.02 bits per heavy atom. The molecule has 0 heterocycles. The van der Waals surface area contributed by atoms with Gasteiger partial charge < -0.3 is 19.7 Å². The van der Waals surface area contributed by atoms with Crippen molar-refractivity contribution in [1.29, 1.82) is 0 Å². The van der Waals surface area contributed by atoms with E-state index in [9.17, 15) is 19.0 Å². The molecule has 10 heteroatoms. The zero-order valence-corrected chi connectivity index (χ0v) is 33.5. The van der Waals surface area contributed by atoms with Crippen molar-refractivity contribution in [2.24, 2.45) is 0 Å². The van der Waals surface area contributed by atoms with Crippen molar-refractivity contribution in [2.45, 2.75) is 200 Å². The monoisotopic (exact) mass is 732 g/mol. The average molecular weight is 732 g/mol. The molecule has 0 aliphatic heterocycles. The van der Waals surface area contributed by atoms with Crippen LogP contribution in [0.25, 0.3) is 0 Å². The summed E-state index contributed by atoms with van der Waals surface area (Å²) in [5.74, 6) is -0.809. The topological polar surface area (TPSA) is 120 Å². The van der Waals surface area contributed by atoms with E-state index in [0.717, 1.165) is 51.4 Å². The van der Waals surface area contributed by atoms with Crippen LogP contribution in [0.5, 0.6) is 0 Å². The van der Waals surface area contributed by atoms with Crippen molar-refractivity contribution >= 4 is 19.8 Å². The van der Waals surface area contributed by atoms with Crippen LogP contribution in [0.3, 0.4) is 0 Å². The molecule has 296 valence electrons. The number of nitrogens with one attached hydrogen (secondary N) is 1. The lowest BCUT2D eigenvalue weighted by Crippen LogP contribution is -2.29. The molecule has 0 aromatic heterocycles. The van der Waals surface area contributed by atoms with Crippen molar-refractivity contribution in [2.75, 3.05) is 33.4 Å². The Labute approximate surface area is 307 Å². The third-order valence-corrected chi connectivity index (χ3v) is 9.87. The second-order valence-corrected chi connectivity index (χ2v) is 15.3. The van der Waals surface area contributed by atoms with E-state index in [1.165, 1.54) is 109 Å². The van der Waals surface area contributed by atoms with E-state index in [0.29, 0.717) is 19.4 Å². The SMILES string of the molecule is CCCCCC/C=C\CCCCCCCC(=O)OC(COC(=O)CCCCCCCCCCCCCCCCC)COP(=O)(O)OCCNC. The largest absolute Gasteiger partial charge is 0.472 e. The molecule has 0 fully saturated rings. The molecule has 0 aromatic carbocycles. The quantitative estimate of drug-likeness (QED) is 0.0275. The fraction of sp³-hybridized carbons (Fsp3) is 0.900. The zero-order chi connectivity index (χ0) is 36.8. The standard InChI is InChI=1S/C40H78NO8P/c1-4-6-8-10-12-14-16-18-19-21-22-24-26-28-30-32-39(42)46-36-38(37-48-50(44,45)47-35-34-41-3)49-40(43)33-31-29-27-25-23-20-17-15-13-11-9-7-5-2/h15,17,38,41H,4-14,16,18-37H2,1-3H3,(H,44,45)/b17-15-. The van der Waals surface area contributed by atoms with Gasteiger partial charge in [0, 0.05) is 19.4 Å². The number of phosphoric ester groups is 1. The van der Waals surface area contributed by atoms with E-state index >= 15 is 0 Å². The van der Waals surface area contributed by atoms with E-state index in [2.05, 4.69) is 31.3 Å². The fourth-order valence-electron chi connectivity index (χ4n) is 5.72. The number of rotatable bonds is 39. The van der Waals surface area contributed by atoms with Gasteiger partial charge >= 0.3 is 19.8 Å². The summed E-state index contributed by atoms with van der Waals surface area (Å²) in [7, 11) is -2.64. The van der Waals surface area contributed by atoms with Gasteiger partial charge in [-0.2, -0.15) is 0 Å². The number of hydrogen-bond donors (Lipinski definition) is 2. The molecular formula is C40H78NO8P. The van der Waals surface area contributed by atoms with Crippen LogP contribution in [0.15, 0.2) is 12.2 Å². The van der Waals surface area contributed by atoms with Crippen molar-refractivity contribution in [1.82, 2.24) is 5.32 Å². The molecule has 2 atom stereocenters. The van der Waals surface area contributed by atoms with Gasteiger partial charge in [0.1, 0.15) is 6.61 Å². The van der Waals surface area contributed by atoms with E-state index in [1.54, 1.807) is 7.05 Å². The summed E-state index contributed by atoms with van der Waals surface area (Å²) in [5, 5.41) is 2.82. The summed E-state index contributed by atoms with van der Waals surface area (Å²) < 4.78 is 33.1. The summed E-state index contributed by atoms with van der Waals surface area (Å²) in [6.07, 6.45) is 35.3. The lowest BCUT2D eigenvalue weighted by atomic mass is 10.0. The van der Waals surface area contributed by atoms with Crippen LogP contribution in [0, 0.1) is 0 Å². The van der Waals surface area contributed by atoms with Crippen LogP contribution >= 0.6 is 7.82 Å². The van der Waals surface area contributed by atoms with E-state index in [1.807, 2.05) is 0 Å². The van der Waals surface area contributed by atoms with Crippen molar-refractivity contribution < 1.29 is 37.6 Å². The number of allylic oxidation sites excluding steroid dienone is 2. The Morgan fingerprint density at radius 3 is 1.50 bits per heavy atom. The van der Waals surface area contributed by atoms with Gasteiger partial charge in [-0.25, -0.2) is 4.57 Å². The molecule has 0 rings (SSSR count). The van der Waals surface area contributed by atoms with Crippen molar-refractivity contribution in [3.63, 3.8) is 0 Å². The number of unbranched alkanes of at least 4 members (excludes halogenated alkanes) is 23. The minimum absolute atomic E-state index is 0.0156. The number of carbonyl (C=O) groups excluding carboxylic acids is 2. The molecule has 0 aliphatic rings. The summed E-state index contributed by atoms with van der Waals surface area (Å²) in [5.41, 5.74) is 0. The number of hydrogen-bond acceptors (Lipinski definition) is 8. The Kier molecular flexibility index (Phi) is 36.6. The molecule has 0 saturated heterocycles. The van der Waals surface area contributed by atoms with Gasteiger partial charge in [-0.1, -0.05) is 154 Å². The smallest absolute Gasteiger partial charge is 0.462 e. The van der Waals surface area contributed by atoms with Crippen LogP contribution in [0.4, 0.5) is 0 Å². The third kappa shape index (κ3) is 36.5. The summed E-state index contributed by atoms with van der Waals surface area (Å²) in [6, 6.07) is 0. The van der Waals surface area contributed by atoms with Gasteiger partial charge in [0.15, 0.2) is 6.10 Å². The van der Waals surface area contributed by atoms with Crippen molar-refractivity contribution in [3.05, 3.63) is 12.2 Å². The molecule has 2 unspecified atom stereocenters. The first-order chi connectivity index (χ1) is 24.3. The number of phosphoric acid groups is 1. The normalized spacial score (nSPS) is 13.4. The molecule has 9 nitrogen and oxygen atoms in total. The number of esters is 2. The maximum atomic E-state index is 12.6. The predicted molar refractivity (Wildman–Crippen MR) is 206 cm³/mol. The van der Waals surface area contributed by atoms with Gasteiger partial charge in [0.2, 0.25) is 0 Å². The van der Waals surface area contributed by atoms with E-state index in [4.69, 9.17) is 18.5 Å². The Hall–Kier alpha value is -1.25. The molecule has 0 radical (unpaired) electrons.